The lowest BCUT2D eigenvalue weighted by Crippen LogP contribution is -2.20. The Kier molecular flexibility index (Phi) is 4.80. The fourth-order valence-corrected chi connectivity index (χ4v) is 1.46. The van der Waals surface area contributed by atoms with Crippen molar-refractivity contribution < 1.29 is 23.8 Å². The van der Waals surface area contributed by atoms with Crippen molar-refractivity contribution in [1.82, 2.24) is 0 Å². The van der Waals surface area contributed by atoms with Crippen LogP contribution in [0.1, 0.15) is 19.4 Å². The van der Waals surface area contributed by atoms with Crippen molar-refractivity contribution in [2.75, 3.05) is 7.11 Å². The summed E-state index contributed by atoms with van der Waals surface area (Å²) in [7, 11) is 1.12. The van der Waals surface area contributed by atoms with Crippen molar-refractivity contribution in [1.29, 1.82) is 0 Å². The molecule has 102 valence electrons. The summed E-state index contributed by atoms with van der Waals surface area (Å²) in [6.45, 7) is 3.20. The van der Waals surface area contributed by atoms with Gasteiger partial charge in [-0.3, -0.25) is 4.79 Å². The molecule has 0 saturated heterocycles. The van der Waals surface area contributed by atoms with E-state index in [2.05, 4.69) is 4.74 Å². The van der Waals surface area contributed by atoms with E-state index in [1.807, 2.05) is 0 Å². The molecule has 0 fully saturated rings. The number of Topliss-reactive ketones (excluding diaryl/α,β-unsaturated/α-hetero) is 1. The Morgan fingerprint density at radius 2 is 1.74 bits per heavy atom. The summed E-state index contributed by atoms with van der Waals surface area (Å²) in [5.74, 6) is -2.91. The minimum absolute atomic E-state index is 0.177. The van der Waals surface area contributed by atoms with E-state index >= 15 is 0 Å². The standard InChI is InChI=1S/C14H15FO4/c1-8(2)12(16)11(14(18)19-3)13(17)9-4-6-10(15)7-5-9/h4-8,17H,1-3H3. The average molecular weight is 266 g/mol. The third kappa shape index (κ3) is 3.40. The Morgan fingerprint density at radius 1 is 1.21 bits per heavy atom. The van der Waals surface area contributed by atoms with Crippen molar-refractivity contribution in [2.45, 2.75) is 13.8 Å². The topological polar surface area (TPSA) is 63.6 Å². The van der Waals surface area contributed by atoms with Gasteiger partial charge in [-0.1, -0.05) is 13.8 Å². The van der Waals surface area contributed by atoms with Gasteiger partial charge in [-0.2, -0.15) is 0 Å². The zero-order valence-electron chi connectivity index (χ0n) is 10.9. The van der Waals surface area contributed by atoms with Crippen LogP contribution in [0.25, 0.3) is 5.76 Å². The van der Waals surface area contributed by atoms with Crippen molar-refractivity contribution in [3.05, 3.63) is 41.2 Å². The second-order valence-electron chi connectivity index (χ2n) is 4.24. The number of methoxy groups -OCH3 is 1. The average Bonchev–Trinajstić information content (AvgIpc) is 2.39. The molecule has 4 nitrogen and oxygen atoms in total. The van der Waals surface area contributed by atoms with Gasteiger partial charge in [0.1, 0.15) is 17.1 Å². The number of carbonyl (C=O) groups excluding carboxylic acids is 2. The number of hydrogen-bond acceptors (Lipinski definition) is 4. The third-order valence-corrected chi connectivity index (χ3v) is 2.51. The molecule has 0 bridgehead atoms. The molecular weight excluding hydrogens is 251 g/mol. The summed E-state index contributed by atoms with van der Waals surface area (Å²) in [5, 5.41) is 10.0. The van der Waals surface area contributed by atoms with E-state index < -0.39 is 34.8 Å². The number of ether oxygens (including phenoxy) is 1. The Balaban J connectivity index is 3.35. The van der Waals surface area contributed by atoms with E-state index in [1.165, 1.54) is 12.1 Å². The van der Waals surface area contributed by atoms with E-state index in [0.29, 0.717) is 0 Å². The molecule has 1 aromatic carbocycles. The van der Waals surface area contributed by atoms with Crippen molar-refractivity contribution >= 4 is 17.5 Å². The molecule has 0 aliphatic heterocycles. The lowest BCUT2D eigenvalue weighted by atomic mass is 9.97. The van der Waals surface area contributed by atoms with Crippen LogP contribution < -0.4 is 0 Å². The quantitative estimate of drug-likeness (QED) is 0.299. The highest BCUT2D eigenvalue weighted by molar-refractivity contribution is 6.22. The molecule has 1 aromatic rings. The minimum atomic E-state index is -0.916. The SMILES string of the molecule is COC(=O)C(C(=O)C(C)C)=C(O)c1ccc(F)cc1. The smallest absolute Gasteiger partial charge is 0.345 e. The van der Waals surface area contributed by atoms with E-state index in [1.54, 1.807) is 13.8 Å². The van der Waals surface area contributed by atoms with Crippen molar-refractivity contribution in [3.63, 3.8) is 0 Å². The summed E-state index contributed by atoms with van der Waals surface area (Å²) in [4.78, 5) is 23.5. The maximum Gasteiger partial charge on any atom is 0.345 e. The van der Waals surface area contributed by atoms with Crippen LogP contribution in [-0.4, -0.2) is 24.0 Å². The zero-order valence-corrected chi connectivity index (χ0v) is 10.9. The first-order valence-electron chi connectivity index (χ1n) is 5.70. The van der Waals surface area contributed by atoms with Gasteiger partial charge in [0, 0.05) is 11.5 Å². The number of aliphatic hydroxyl groups excluding tert-OH is 1. The number of hydrogen-bond donors (Lipinski definition) is 1. The van der Waals surface area contributed by atoms with Crippen LogP contribution in [0.3, 0.4) is 0 Å². The summed E-state index contributed by atoms with van der Waals surface area (Å²) in [5.41, 5.74) is -0.250. The molecule has 1 rings (SSSR count). The monoisotopic (exact) mass is 266 g/mol. The molecule has 0 unspecified atom stereocenters. The lowest BCUT2D eigenvalue weighted by molar-refractivity contribution is -0.138. The van der Waals surface area contributed by atoms with Gasteiger partial charge < -0.3 is 9.84 Å². The molecule has 5 heteroatoms. The first-order chi connectivity index (χ1) is 8.88. The molecule has 0 spiro atoms. The summed E-state index contributed by atoms with van der Waals surface area (Å²) in [6.07, 6.45) is 0. The van der Waals surface area contributed by atoms with Crippen LogP contribution in [0.5, 0.6) is 0 Å². The van der Waals surface area contributed by atoms with Gasteiger partial charge in [-0.15, -0.1) is 0 Å². The molecule has 19 heavy (non-hydrogen) atoms. The Labute approximate surface area is 110 Å². The van der Waals surface area contributed by atoms with Crippen LogP contribution in [0.15, 0.2) is 29.8 Å². The Morgan fingerprint density at radius 3 is 2.16 bits per heavy atom. The van der Waals surface area contributed by atoms with Gasteiger partial charge in [0.25, 0.3) is 0 Å². The molecular formula is C14H15FO4. The molecule has 0 atom stereocenters. The predicted molar refractivity (Wildman–Crippen MR) is 67.8 cm³/mol. The van der Waals surface area contributed by atoms with Gasteiger partial charge in [0.05, 0.1) is 7.11 Å². The second kappa shape index (κ2) is 6.13. The van der Waals surface area contributed by atoms with Gasteiger partial charge in [-0.05, 0) is 24.3 Å². The molecule has 0 amide bonds. The van der Waals surface area contributed by atoms with Gasteiger partial charge in [0.15, 0.2) is 5.78 Å². The Hall–Kier alpha value is -2.17. The maximum atomic E-state index is 12.8. The van der Waals surface area contributed by atoms with Crippen molar-refractivity contribution in [2.24, 2.45) is 5.92 Å². The number of benzene rings is 1. The van der Waals surface area contributed by atoms with Crippen LogP contribution in [0.4, 0.5) is 4.39 Å². The van der Waals surface area contributed by atoms with E-state index in [0.717, 1.165) is 19.2 Å². The largest absolute Gasteiger partial charge is 0.506 e. The van der Waals surface area contributed by atoms with E-state index in [4.69, 9.17) is 0 Å². The number of esters is 1. The highest BCUT2D eigenvalue weighted by Crippen LogP contribution is 2.20. The maximum absolute atomic E-state index is 12.8. The Bertz CT molecular complexity index is 515. The highest BCUT2D eigenvalue weighted by atomic mass is 19.1. The second-order valence-corrected chi connectivity index (χ2v) is 4.24. The molecule has 1 N–H and O–H groups in total. The third-order valence-electron chi connectivity index (χ3n) is 2.51. The molecule has 0 heterocycles. The number of ketones is 1. The van der Waals surface area contributed by atoms with Gasteiger partial charge >= 0.3 is 5.97 Å². The fraction of sp³-hybridized carbons (Fsp3) is 0.286. The lowest BCUT2D eigenvalue weighted by Gasteiger charge is -2.10. The molecule has 0 radical (unpaired) electrons. The molecule has 0 aliphatic carbocycles. The molecule has 0 aliphatic rings. The minimum Gasteiger partial charge on any atom is -0.506 e. The van der Waals surface area contributed by atoms with Crippen molar-refractivity contribution in [3.8, 4) is 0 Å². The van der Waals surface area contributed by atoms with E-state index in [-0.39, 0.29) is 5.56 Å². The number of halogens is 1. The highest BCUT2D eigenvalue weighted by Gasteiger charge is 2.26. The van der Waals surface area contributed by atoms with Crippen LogP contribution in [0.2, 0.25) is 0 Å². The number of carbonyl (C=O) groups is 2. The molecule has 0 aromatic heterocycles. The normalized spacial score (nSPS) is 12.1. The number of rotatable bonds is 4. The predicted octanol–water partition coefficient (Wildman–Crippen LogP) is 2.49. The zero-order chi connectivity index (χ0) is 14.6. The van der Waals surface area contributed by atoms with Crippen LogP contribution >= 0.6 is 0 Å². The summed E-state index contributed by atoms with van der Waals surface area (Å²) in [6, 6.07) is 4.81. The fourth-order valence-electron chi connectivity index (χ4n) is 1.46. The summed E-state index contributed by atoms with van der Waals surface area (Å²) >= 11 is 0. The number of aliphatic hydroxyl groups is 1. The summed E-state index contributed by atoms with van der Waals surface area (Å²) < 4.78 is 17.3. The van der Waals surface area contributed by atoms with E-state index in [9.17, 15) is 19.1 Å². The van der Waals surface area contributed by atoms with Gasteiger partial charge in [0.2, 0.25) is 0 Å². The first-order valence-corrected chi connectivity index (χ1v) is 5.70. The van der Waals surface area contributed by atoms with Crippen LogP contribution in [-0.2, 0) is 14.3 Å². The first kappa shape index (κ1) is 14.9. The molecule has 0 saturated carbocycles. The van der Waals surface area contributed by atoms with Crippen LogP contribution in [0, 0.1) is 11.7 Å². The van der Waals surface area contributed by atoms with Gasteiger partial charge in [-0.25, -0.2) is 9.18 Å².